The van der Waals surface area contributed by atoms with Gasteiger partial charge in [0.1, 0.15) is 7.11 Å². The molecule has 114 valence electrons. The van der Waals surface area contributed by atoms with E-state index in [-0.39, 0.29) is 11.9 Å². The first kappa shape index (κ1) is 16.6. The minimum Gasteiger partial charge on any atom is -0.399 e. The number of rotatable bonds is 4. The third-order valence-electron chi connectivity index (χ3n) is 3.23. The lowest BCUT2D eigenvalue weighted by Crippen LogP contribution is -2.64. The zero-order valence-corrected chi connectivity index (χ0v) is 13.2. The molecule has 0 saturated heterocycles. The molecule has 0 saturated carbocycles. The number of hydrogen-bond acceptors (Lipinski definition) is 6. The fourth-order valence-electron chi connectivity index (χ4n) is 2.28. The molecule has 2 N–H and O–H groups in total. The molecule has 0 spiro atoms. The molecule has 20 heavy (non-hydrogen) atoms. The number of hydrogen-bond donors (Lipinski definition) is 2. The largest absolute Gasteiger partial charge is 0.399 e. The van der Waals surface area contributed by atoms with Crippen LogP contribution in [0.25, 0.3) is 0 Å². The average Bonchev–Trinajstić information content (AvgIpc) is 2.63. The Labute approximate surface area is 119 Å². The Kier molecular flexibility index (Phi) is 4.55. The normalized spacial score (nSPS) is 24.4. The first-order valence-electron chi connectivity index (χ1n) is 6.55. The Morgan fingerprint density at radius 2 is 2.05 bits per heavy atom. The quantitative estimate of drug-likeness (QED) is 0.603. The molecular formula is C13H24N4O3. The molecule has 7 nitrogen and oxygen atoms in total. The number of carbonyl (C=O) groups is 1. The fraction of sp³-hybridized carbons (Fsp3) is 0.769. The summed E-state index contributed by atoms with van der Waals surface area (Å²) in [5.41, 5.74) is 1.03. The maximum absolute atomic E-state index is 12.7. The summed E-state index contributed by atoms with van der Waals surface area (Å²) in [4.78, 5) is 17.5. The number of hydrazone groups is 1. The summed E-state index contributed by atoms with van der Waals surface area (Å²) in [5, 5.41) is 19.3. The van der Waals surface area contributed by atoms with Crippen LogP contribution >= 0.6 is 0 Å². The molecule has 0 aliphatic carbocycles. The minimum absolute atomic E-state index is 0.120. The summed E-state index contributed by atoms with van der Waals surface area (Å²) in [6, 6.07) is -0.120. The predicted octanol–water partition coefficient (Wildman–Crippen LogP) is 1.38. The van der Waals surface area contributed by atoms with Crippen LogP contribution in [-0.4, -0.2) is 46.2 Å². The summed E-state index contributed by atoms with van der Waals surface area (Å²) in [5.74, 6) is -0.363. The van der Waals surface area contributed by atoms with Gasteiger partial charge < -0.3 is 10.0 Å². The summed E-state index contributed by atoms with van der Waals surface area (Å²) < 4.78 is 0. The van der Waals surface area contributed by atoms with Crippen molar-refractivity contribution in [2.45, 2.75) is 53.1 Å². The Morgan fingerprint density at radius 3 is 2.40 bits per heavy atom. The fourth-order valence-corrected chi connectivity index (χ4v) is 2.28. The zero-order chi connectivity index (χ0) is 15.7. The number of carbonyl (C=O) groups excluding carboxylic acids is 1. The summed E-state index contributed by atoms with van der Waals surface area (Å²) in [6.45, 7) is 11.1. The molecule has 0 aromatic carbocycles. The summed E-state index contributed by atoms with van der Waals surface area (Å²) in [6.07, 6.45) is 0. The van der Waals surface area contributed by atoms with Gasteiger partial charge in [0.2, 0.25) is 5.54 Å². The Bertz CT molecular complexity index is 451. The van der Waals surface area contributed by atoms with Crippen molar-refractivity contribution >= 4 is 17.3 Å². The van der Waals surface area contributed by atoms with Gasteiger partial charge in [-0.25, -0.2) is 5.01 Å². The first-order chi connectivity index (χ1) is 9.12. The lowest BCUT2D eigenvalue weighted by molar-refractivity contribution is -0.136. The number of nitrogens with zero attached hydrogens (tertiary/aromatic N) is 3. The highest BCUT2D eigenvalue weighted by Crippen LogP contribution is 2.33. The average molecular weight is 284 g/mol. The molecular weight excluding hydrogens is 260 g/mol. The van der Waals surface area contributed by atoms with Gasteiger partial charge in [-0.2, -0.15) is 10.6 Å². The van der Waals surface area contributed by atoms with Crippen LogP contribution in [0.1, 0.15) is 41.5 Å². The molecule has 0 radical (unpaired) electrons. The van der Waals surface area contributed by atoms with Gasteiger partial charge in [-0.05, 0) is 20.8 Å². The van der Waals surface area contributed by atoms with Crippen LogP contribution in [0.4, 0.5) is 0 Å². The van der Waals surface area contributed by atoms with Crippen LogP contribution < -0.4 is 5.48 Å². The summed E-state index contributed by atoms with van der Waals surface area (Å²) in [7, 11) is 1.39. The van der Waals surface area contributed by atoms with Crippen molar-refractivity contribution in [1.29, 1.82) is 0 Å². The number of amides is 1. The van der Waals surface area contributed by atoms with Crippen LogP contribution in [-0.2, 0) is 9.63 Å². The Morgan fingerprint density at radius 1 is 1.50 bits per heavy atom. The van der Waals surface area contributed by atoms with Gasteiger partial charge in [-0.3, -0.25) is 4.79 Å². The molecule has 0 aromatic rings. The van der Waals surface area contributed by atoms with Gasteiger partial charge in [0, 0.05) is 5.41 Å². The van der Waals surface area contributed by atoms with Crippen molar-refractivity contribution in [3.8, 4) is 0 Å². The highest BCUT2D eigenvalue weighted by Gasteiger charge is 2.57. The highest BCUT2D eigenvalue weighted by molar-refractivity contribution is 6.34. The molecule has 1 heterocycles. The van der Waals surface area contributed by atoms with E-state index in [2.05, 4.69) is 15.7 Å². The van der Waals surface area contributed by atoms with Gasteiger partial charge in [0.15, 0.2) is 0 Å². The molecule has 1 atom stereocenters. The van der Waals surface area contributed by atoms with Crippen molar-refractivity contribution in [2.24, 2.45) is 15.7 Å². The number of hydroxylamine groups is 1. The molecule has 1 rings (SSSR count). The Balaban J connectivity index is 3.51. The number of nitrogens with one attached hydrogen (secondary N) is 1. The standard InChI is InChI=1S/C13H24N4O3/c1-8(2)17-11(18)13(16-19,9(3)15-20-7)10(14-17)12(4,5)6/h8,16,19H,1-7H3. The maximum atomic E-state index is 12.7. The third-order valence-corrected chi connectivity index (χ3v) is 3.23. The van der Waals surface area contributed by atoms with Crippen LogP contribution in [0.3, 0.4) is 0 Å². The monoisotopic (exact) mass is 284 g/mol. The van der Waals surface area contributed by atoms with E-state index in [0.717, 1.165) is 0 Å². The van der Waals surface area contributed by atoms with Crippen molar-refractivity contribution in [1.82, 2.24) is 10.5 Å². The minimum atomic E-state index is -1.47. The molecule has 1 aliphatic heterocycles. The van der Waals surface area contributed by atoms with Crippen molar-refractivity contribution in [3.05, 3.63) is 0 Å². The zero-order valence-electron chi connectivity index (χ0n) is 13.2. The van der Waals surface area contributed by atoms with E-state index in [1.54, 1.807) is 6.92 Å². The lowest BCUT2D eigenvalue weighted by Gasteiger charge is -2.32. The second-order valence-electron chi connectivity index (χ2n) is 6.16. The summed E-state index contributed by atoms with van der Waals surface area (Å²) >= 11 is 0. The molecule has 0 aromatic heterocycles. The van der Waals surface area contributed by atoms with Gasteiger partial charge in [0.25, 0.3) is 5.91 Å². The van der Waals surface area contributed by atoms with Crippen LogP contribution in [0.5, 0.6) is 0 Å². The van der Waals surface area contributed by atoms with Crippen molar-refractivity contribution < 1.29 is 14.8 Å². The number of oxime groups is 1. The van der Waals surface area contributed by atoms with E-state index in [1.165, 1.54) is 12.1 Å². The SMILES string of the molecule is CON=C(C)C1(NO)C(=O)N(C(C)C)N=C1C(C)(C)C. The van der Waals surface area contributed by atoms with E-state index in [9.17, 15) is 10.0 Å². The van der Waals surface area contributed by atoms with Gasteiger partial charge in [-0.15, -0.1) is 0 Å². The smallest absolute Gasteiger partial charge is 0.277 e. The topological polar surface area (TPSA) is 86.5 Å². The van der Waals surface area contributed by atoms with Gasteiger partial charge in [-0.1, -0.05) is 25.9 Å². The third kappa shape index (κ3) is 2.43. The van der Waals surface area contributed by atoms with E-state index in [0.29, 0.717) is 11.4 Å². The second kappa shape index (κ2) is 5.49. The van der Waals surface area contributed by atoms with E-state index < -0.39 is 11.0 Å². The van der Waals surface area contributed by atoms with Crippen molar-refractivity contribution in [3.63, 3.8) is 0 Å². The van der Waals surface area contributed by atoms with E-state index >= 15 is 0 Å². The van der Waals surface area contributed by atoms with Crippen LogP contribution in [0.15, 0.2) is 10.3 Å². The lowest BCUT2D eigenvalue weighted by atomic mass is 9.75. The highest BCUT2D eigenvalue weighted by atomic mass is 16.6. The van der Waals surface area contributed by atoms with E-state index in [4.69, 9.17) is 4.84 Å². The maximum Gasteiger partial charge on any atom is 0.277 e. The van der Waals surface area contributed by atoms with Crippen LogP contribution in [0, 0.1) is 5.41 Å². The molecule has 7 heteroatoms. The molecule has 0 bridgehead atoms. The predicted molar refractivity (Wildman–Crippen MR) is 76.6 cm³/mol. The molecule has 1 amide bonds. The Hall–Kier alpha value is -1.47. The van der Waals surface area contributed by atoms with Crippen molar-refractivity contribution in [2.75, 3.05) is 7.11 Å². The van der Waals surface area contributed by atoms with E-state index in [1.807, 2.05) is 34.6 Å². The van der Waals surface area contributed by atoms with Crippen LogP contribution in [0.2, 0.25) is 0 Å². The molecule has 0 fully saturated rings. The van der Waals surface area contributed by atoms with Gasteiger partial charge in [0.05, 0.1) is 17.5 Å². The molecule has 1 aliphatic rings. The molecule has 1 unspecified atom stereocenters. The first-order valence-corrected chi connectivity index (χ1v) is 6.55. The van der Waals surface area contributed by atoms with Gasteiger partial charge >= 0.3 is 0 Å². The second-order valence-corrected chi connectivity index (χ2v) is 6.16.